The van der Waals surface area contributed by atoms with Gasteiger partial charge in [-0.2, -0.15) is 0 Å². The summed E-state index contributed by atoms with van der Waals surface area (Å²) in [7, 11) is 0. The van der Waals surface area contributed by atoms with Gasteiger partial charge < -0.3 is 0 Å². The molecule has 0 spiro atoms. The van der Waals surface area contributed by atoms with E-state index in [0.717, 1.165) is 9.13 Å². The summed E-state index contributed by atoms with van der Waals surface area (Å²) in [6, 6.07) is 9.39. The van der Waals surface area contributed by atoms with Crippen molar-refractivity contribution in [1.29, 1.82) is 0 Å². The molecule has 0 fully saturated rings. The Bertz CT molecular complexity index is 520. The van der Waals surface area contributed by atoms with Gasteiger partial charge in [0.15, 0.2) is 5.78 Å². The fraction of sp³-hybridized carbons (Fsp3) is 0.0769. The van der Waals surface area contributed by atoms with Crippen LogP contribution in [0.15, 0.2) is 42.7 Å². The average molecular weight is 323 g/mol. The topological polar surface area (TPSA) is 30.0 Å². The summed E-state index contributed by atoms with van der Waals surface area (Å²) < 4.78 is 1.12. The summed E-state index contributed by atoms with van der Waals surface area (Å²) in [4.78, 5) is 16.1. The van der Waals surface area contributed by atoms with Gasteiger partial charge in [0.05, 0.1) is 0 Å². The Morgan fingerprint density at radius 3 is 2.44 bits per heavy atom. The van der Waals surface area contributed by atoms with Crippen molar-refractivity contribution in [3.63, 3.8) is 0 Å². The van der Waals surface area contributed by atoms with E-state index in [0.29, 0.717) is 11.1 Å². The highest BCUT2D eigenvalue weighted by molar-refractivity contribution is 14.1. The molecule has 2 rings (SSSR count). The minimum absolute atomic E-state index is 0.0209. The summed E-state index contributed by atoms with van der Waals surface area (Å²) >= 11 is 2.22. The SMILES string of the molecule is Cc1cncc(C(=O)c2ccc(I)cc2)c1. The van der Waals surface area contributed by atoms with Crippen LogP contribution < -0.4 is 0 Å². The van der Waals surface area contributed by atoms with Gasteiger partial charge >= 0.3 is 0 Å². The molecule has 0 bridgehead atoms. The molecule has 2 aromatic rings. The molecule has 0 aliphatic rings. The van der Waals surface area contributed by atoms with E-state index < -0.39 is 0 Å². The lowest BCUT2D eigenvalue weighted by atomic mass is 10.0. The Balaban J connectivity index is 2.35. The number of pyridine rings is 1. The van der Waals surface area contributed by atoms with Gasteiger partial charge in [-0.3, -0.25) is 9.78 Å². The van der Waals surface area contributed by atoms with E-state index in [1.54, 1.807) is 12.4 Å². The Labute approximate surface area is 108 Å². The fourth-order valence-corrected chi connectivity index (χ4v) is 1.81. The molecular formula is C13H10INO. The third-order valence-corrected chi connectivity index (χ3v) is 2.96. The maximum Gasteiger partial charge on any atom is 0.194 e. The van der Waals surface area contributed by atoms with Crippen LogP contribution >= 0.6 is 22.6 Å². The molecule has 0 amide bonds. The van der Waals surface area contributed by atoms with Crippen LogP contribution in [-0.2, 0) is 0 Å². The van der Waals surface area contributed by atoms with Gasteiger partial charge in [0.2, 0.25) is 0 Å². The summed E-state index contributed by atoms with van der Waals surface area (Å²) in [5.41, 5.74) is 2.34. The van der Waals surface area contributed by atoms with Crippen LogP contribution in [0.5, 0.6) is 0 Å². The average Bonchev–Trinajstić information content (AvgIpc) is 2.29. The van der Waals surface area contributed by atoms with Crippen LogP contribution in [0.3, 0.4) is 0 Å². The molecule has 1 aromatic carbocycles. The second-order valence-corrected chi connectivity index (χ2v) is 4.83. The first kappa shape index (κ1) is 11.3. The third-order valence-electron chi connectivity index (χ3n) is 2.24. The molecule has 1 aromatic heterocycles. The first-order valence-corrected chi connectivity index (χ1v) is 5.96. The first-order chi connectivity index (χ1) is 7.66. The van der Waals surface area contributed by atoms with Crippen molar-refractivity contribution in [2.24, 2.45) is 0 Å². The molecular weight excluding hydrogens is 313 g/mol. The number of ketones is 1. The third kappa shape index (κ3) is 2.47. The Hall–Kier alpha value is -1.23. The normalized spacial score (nSPS) is 10.1. The van der Waals surface area contributed by atoms with Crippen molar-refractivity contribution in [2.75, 3.05) is 0 Å². The van der Waals surface area contributed by atoms with Gasteiger partial charge in [-0.1, -0.05) is 0 Å². The zero-order chi connectivity index (χ0) is 11.5. The number of aryl methyl sites for hydroxylation is 1. The Kier molecular flexibility index (Phi) is 3.33. The van der Waals surface area contributed by atoms with E-state index in [2.05, 4.69) is 27.6 Å². The molecule has 0 aliphatic heterocycles. The summed E-state index contributed by atoms with van der Waals surface area (Å²) in [5.74, 6) is 0.0209. The molecule has 16 heavy (non-hydrogen) atoms. The highest BCUT2D eigenvalue weighted by Crippen LogP contribution is 2.12. The molecule has 3 heteroatoms. The van der Waals surface area contributed by atoms with Crippen molar-refractivity contribution in [3.8, 4) is 0 Å². The number of hydrogen-bond acceptors (Lipinski definition) is 2. The minimum atomic E-state index is 0.0209. The van der Waals surface area contributed by atoms with Gasteiger partial charge in [-0.15, -0.1) is 0 Å². The number of rotatable bonds is 2. The largest absolute Gasteiger partial charge is 0.289 e. The highest BCUT2D eigenvalue weighted by atomic mass is 127. The Morgan fingerprint density at radius 1 is 1.12 bits per heavy atom. The number of halogens is 1. The van der Waals surface area contributed by atoms with E-state index in [1.807, 2.05) is 37.3 Å². The van der Waals surface area contributed by atoms with Gasteiger partial charge in [0.25, 0.3) is 0 Å². The van der Waals surface area contributed by atoms with Crippen molar-refractivity contribution in [1.82, 2.24) is 4.98 Å². The number of nitrogens with zero attached hydrogens (tertiary/aromatic N) is 1. The van der Waals surface area contributed by atoms with Crippen LogP contribution in [0.25, 0.3) is 0 Å². The number of aromatic nitrogens is 1. The van der Waals surface area contributed by atoms with Crippen molar-refractivity contribution >= 4 is 28.4 Å². The molecule has 80 valence electrons. The maximum absolute atomic E-state index is 12.1. The van der Waals surface area contributed by atoms with Crippen LogP contribution in [0.2, 0.25) is 0 Å². The van der Waals surface area contributed by atoms with Crippen molar-refractivity contribution in [3.05, 3.63) is 63.0 Å². The summed E-state index contributed by atoms with van der Waals surface area (Å²) in [6.07, 6.45) is 3.35. The minimum Gasteiger partial charge on any atom is -0.289 e. The van der Waals surface area contributed by atoms with Crippen LogP contribution in [0.4, 0.5) is 0 Å². The lowest BCUT2D eigenvalue weighted by Crippen LogP contribution is -2.02. The highest BCUT2D eigenvalue weighted by Gasteiger charge is 2.08. The summed E-state index contributed by atoms with van der Waals surface area (Å²) in [6.45, 7) is 1.93. The van der Waals surface area contributed by atoms with E-state index in [9.17, 15) is 4.79 Å². The molecule has 0 saturated heterocycles. The van der Waals surface area contributed by atoms with Crippen molar-refractivity contribution < 1.29 is 4.79 Å². The van der Waals surface area contributed by atoms with Gasteiger partial charge in [-0.05, 0) is 65.4 Å². The van der Waals surface area contributed by atoms with Gasteiger partial charge in [0.1, 0.15) is 0 Å². The maximum atomic E-state index is 12.1. The summed E-state index contributed by atoms with van der Waals surface area (Å²) in [5, 5.41) is 0. The standard InChI is InChI=1S/C13H10INO/c1-9-6-11(8-15-7-9)13(16)10-2-4-12(14)5-3-10/h2-8H,1H3. The fourth-order valence-electron chi connectivity index (χ4n) is 1.45. The zero-order valence-corrected chi connectivity index (χ0v) is 10.9. The molecule has 1 heterocycles. The van der Waals surface area contributed by atoms with Crippen LogP contribution in [0.1, 0.15) is 21.5 Å². The van der Waals surface area contributed by atoms with Gasteiger partial charge in [0, 0.05) is 27.1 Å². The lowest BCUT2D eigenvalue weighted by Gasteiger charge is -2.01. The Morgan fingerprint density at radius 2 is 1.81 bits per heavy atom. The molecule has 2 nitrogen and oxygen atoms in total. The monoisotopic (exact) mass is 323 g/mol. The van der Waals surface area contributed by atoms with E-state index in [4.69, 9.17) is 0 Å². The lowest BCUT2D eigenvalue weighted by molar-refractivity contribution is 0.103. The molecule has 0 atom stereocenters. The van der Waals surface area contributed by atoms with Crippen molar-refractivity contribution in [2.45, 2.75) is 6.92 Å². The number of carbonyl (C=O) groups is 1. The molecule has 0 radical (unpaired) electrons. The molecule has 0 N–H and O–H groups in total. The second-order valence-electron chi connectivity index (χ2n) is 3.59. The number of carbonyl (C=O) groups excluding carboxylic acids is 1. The predicted octanol–water partition coefficient (Wildman–Crippen LogP) is 3.23. The zero-order valence-electron chi connectivity index (χ0n) is 8.77. The van der Waals surface area contributed by atoms with Gasteiger partial charge in [-0.25, -0.2) is 0 Å². The van der Waals surface area contributed by atoms with Crippen LogP contribution in [0, 0.1) is 10.5 Å². The molecule has 0 aliphatic carbocycles. The first-order valence-electron chi connectivity index (χ1n) is 4.89. The molecule has 0 unspecified atom stereocenters. The van der Waals surface area contributed by atoms with Crippen LogP contribution in [-0.4, -0.2) is 10.8 Å². The predicted molar refractivity (Wildman–Crippen MR) is 71.6 cm³/mol. The second kappa shape index (κ2) is 4.74. The quantitative estimate of drug-likeness (QED) is 0.627. The van der Waals surface area contributed by atoms with E-state index in [-0.39, 0.29) is 5.78 Å². The smallest absolute Gasteiger partial charge is 0.194 e. The van der Waals surface area contributed by atoms with E-state index in [1.165, 1.54) is 0 Å². The number of benzene rings is 1. The molecule has 0 saturated carbocycles. The van der Waals surface area contributed by atoms with E-state index >= 15 is 0 Å². The number of hydrogen-bond donors (Lipinski definition) is 0.